The second-order valence-electron chi connectivity index (χ2n) is 8.24. The minimum atomic E-state index is -0.164. The third-order valence-electron chi connectivity index (χ3n) is 5.98. The van der Waals surface area contributed by atoms with Crippen LogP contribution in [0.25, 0.3) is 11.3 Å². The van der Waals surface area contributed by atoms with Gasteiger partial charge in [0.25, 0.3) is 0 Å². The van der Waals surface area contributed by atoms with Gasteiger partial charge < -0.3 is 30.2 Å². The maximum absolute atomic E-state index is 9.07. The van der Waals surface area contributed by atoms with Gasteiger partial charge in [-0.3, -0.25) is 0 Å². The molecule has 0 saturated carbocycles. The first-order valence-electron chi connectivity index (χ1n) is 11.2. The molecular weight excluding hydrogens is 464 g/mol. The largest absolute Gasteiger partial charge is 0.497 e. The lowest BCUT2D eigenvalue weighted by Crippen LogP contribution is -2.46. The molecule has 5 rings (SSSR count). The van der Waals surface area contributed by atoms with Crippen LogP contribution in [0.5, 0.6) is 5.75 Å². The summed E-state index contributed by atoms with van der Waals surface area (Å²) in [5.74, 6) is 1.31. The number of nitrogens with zero attached hydrogens (tertiary/aromatic N) is 3. The van der Waals surface area contributed by atoms with Crippen molar-refractivity contribution in [2.45, 2.75) is 24.3 Å². The van der Waals surface area contributed by atoms with E-state index in [2.05, 4.69) is 32.0 Å². The Morgan fingerprint density at radius 1 is 1.09 bits per heavy atom. The third kappa shape index (κ3) is 5.17. The molecule has 0 radical (unpaired) electrons. The number of hydrogen-bond donors (Lipinski definition) is 3. The van der Waals surface area contributed by atoms with Crippen molar-refractivity contribution in [1.82, 2.24) is 15.3 Å². The van der Waals surface area contributed by atoms with E-state index in [0.717, 1.165) is 22.7 Å². The summed E-state index contributed by atoms with van der Waals surface area (Å²) < 4.78 is 17.3. The van der Waals surface area contributed by atoms with Crippen molar-refractivity contribution in [3.8, 4) is 23.1 Å². The average Bonchev–Trinajstić information content (AvgIpc) is 3.47. The minimum absolute atomic E-state index is 0.0910. The van der Waals surface area contributed by atoms with Gasteiger partial charge in [0, 0.05) is 17.4 Å². The van der Waals surface area contributed by atoms with Crippen molar-refractivity contribution < 1.29 is 14.2 Å². The first kappa shape index (κ1) is 23.0. The summed E-state index contributed by atoms with van der Waals surface area (Å²) in [6.07, 6.45) is 1.40. The maximum atomic E-state index is 9.07. The summed E-state index contributed by atoms with van der Waals surface area (Å²) in [5.41, 5.74) is 3.09. The fourth-order valence-electron chi connectivity index (χ4n) is 4.27. The van der Waals surface area contributed by atoms with E-state index in [-0.39, 0.29) is 24.3 Å². The first-order valence-corrected chi connectivity index (χ1v) is 11.6. The SMILES string of the molecule is COc1ccc(-c2ccnc(NC3COC4C(NC(=S)Nc5cccc(C#N)c5)COC34)n2)cc1. The number of hydrogen-bond acceptors (Lipinski definition) is 8. The van der Waals surface area contributed by atoms with Crippen LogP contribution >= 0.6 is 12.2 Å². The van der Waals surface area contributed by atoms with Gasteiger partial charge >= 0.3 is 0 Å². The highest BCUT2D eigenvalue weighted by molar-refractivity contribution is 7.80. The van der Waals surface area contributed by atoms with Crippen molar-refractivity contribution >= 4 is 29.0 Å². The van der Waals surface area contributed by atoms with Crippen molar-refractivity contribution in [1.29, 1.82) is 5.26 Å². The molecule has 2 aromatic carbocycles. The molecule has 178 valence electrons. The average molecular weight is 489 g/mol. The molecule has 35 heavy (non-hydrogen) atoms. The summed E-state index contributed by atoms with van der Waals surface area (Å²) in [6, 6.07) is 18.7. The van der Waals surface area contributed by atoms with Crippen molar-refractivity contribution in [2.24, 2.45) is 0 Å². The molecule has 0 spiro atoms. The maximum Gasteiger partial charge on any atom is 0.223 e. The second-order valence-corrected chi connectivity index (χ2v) is 8.65. The highest BCUT2D eigenvalue weighted by atomic mass is 32.1. The van der Waals surface area contributed by atoms with Crippen LogP contribution in [0, 0.1) is 11.3 Å². The summed E-state index contributed by atoms with van der Waals surface area (Å²) in [5, 5.41) is 19.3. The van der Waals surface area contributed by atoms with Crippen LogP contribution in [-0.4, -0.2) is 59.7 Å². The Morgan fingerprint density at radius 3 is 2.63 bits per heavy atom. The van der Waals surface area contributed by atoms with Gasteiger partial charge in [-0.2, -0.15) is 5.26 Å². The first-order chi connectivity index (χ1) is 17.1. The van der Waals surface area contributed by atoms with Gasteiger partial charge in [0.15, 0.2) is 5.11 Å². The fourth-order valence-corrected chi connectivity index (χ4v) is 4.53. The van der Waals surface area contributed by atoms with Gasteiger partial charge in [0.1, 0.15) is 18.0 Å². The number of benzene rings is 2. The van der Waals surface area contributed by atoms with E-state index in [1.165, 1.54) is 0 Å². The Kier molecular flexibility index (Phi) is 6.72. The van der Waals surface area contributed by atoms with Crippen LogP contribution in [0.2, 0.25) is 0 Å². The molecule has 0 aliphatic carbocycles. The lowest BCUT2D eigenvalue weighted by atomic mass is 10.1. The van der Waals surface area contributed by atoms with Gasteiger partial charge in [-0.25, -0.2) is 9.97 Å². The Morgan fingerprint density at radius 2 is 1.86 bits per heavy atom. The van der Waals surface area contributed by atoms with Gasteiger partial charge in [-0.05, 0) is 60.7 Å². The standard InChI is InChI=1S/C25H24N6O3S/c1-32-18-7-5-16(6-8-18)19-9-10-27-24(29-19)30-20-13-33-23-21(14-34-22(20)23)31-25(35)28-17-4-2-3-15(11-17)12-26/h2-11,20-23H,13-14H2,1H3,(H,27,29,30)(H2,28,31,35). The molecule has 3 N–H and O–H groups in total. The molecule has 3 aromatic rings. The number of anilines is 2. The molecule has 1 aromatic heterocycles. The molecule has 2 fully saturated rings. The number of nitriles is 1. The molecule has 2 aliphatic heterocycles. The molecule has 3 heterocycles. The fraction of sp³-hybridized carbons (Fsp3) is 0.280. The lowest BCUT2D eigenvalue weighted by molar-refractivity contribution is 0.0689. The number of thiocarbonyl (C=S) groups is 1. The summed E-state index contributed by atoms with van der Waals surface area (Å²) in [4.78, 5) is 9.04. The normalized spacial score (nSPS) is 22.6. The van der Waals surface area contributed by atoms with E-state index >= 15 is 0 Å². The van der Waals surface area contributed by atoms with Gasteiger partial charge in [0.2, 0.25) is 5.95 Å². The molecule has 4 unspecified atom stereocenters. The Balaban J connectivity index is 1.19. The number of fused-ring (bicyclic) bond motifs is 1. The summed E-state index contributed by atoms with van der Waals surface area (Å²) in [7, 11) is 1.64. The van der Waals surface area contributed by atoms with E-state index in [1.54, 1.807) is 31.5 Å². The number of ether oxygens (including phenoxy) is 3. The second kappa shape index (κ2) is 10.2. The monoisotopic (exact) mass is 488 g/mol. The van der Waals surface area contributed by atoms with Crippen LogP contribution in [0.1, 0.15) is 5.56 Å². The number of aromatic nitrogens is 2. The molecule has 10 heteroatoms. The molecule has 9 nitrogen and oxygen atoms in total. The third-order valence-corrected chi connectivity index (χ3v) is 6.20. The molecular formula is C25H24N6O3S. The van der Waals surface area contributed by atoms with Crippen LogP contribution < -0.4 is 20.7 Å². The number of methoxy groups -OCH3 is 1. The number of rotatable bonds is 6. The molecule has 4 atom stereocenters. The molecule has 0 amide bonds. The minimum Gasteiger partial charge on any atom is -0.497 e. The zero-order chi connectivity index (χ0) is 24.2. The zero-order valence-electron chi connectivity index (χ0n) is 19.0. The van der Waals surface area contributed by atoms with Crippen LogP contribution in [0.4, 0.5) is 11.6 Å². The van der Waals surface area contributed by atoms with E-state index in [4.69, 9.17) is 31.7 Å². The van der Waals surface area contributed by atoms with Crippen molar-refractivity contribution in [3.05, 3.63) is 66.4 Å². The van der Waals surface area contributed by atoms with Crippen LogP contribution in [0.3, 0.4) is 0 Å². The summed E-state index contributed by atoms with van der Waals surface area (Å²) >= 11 is 5.46. The van der Waals surface area contributed by atoms with Crippen molar-refractivity contribution in [2.75, 3.05) is 31.0 Å². The highest BCUT2D eigenvalue weighted by Gasteiger charge is 2.48. The zero-order valence-corrected chi connectivity index (χ0v) is 19.8. The van der Waals surface area contributed by atoms with Gasteiger partial charge in [-0.15, -0.1) is 0 Å². The predicted octanol–water partition coefficient (Wildman–Crippen LogP) is 2.96. The van der Waals surface area contributed by atoms with E-state index in [0.29, 0.717) is 29.8 Å². The molecule has 0 bridgehead atoms. The van der Waals surface area contributed by atoms with Crippen LogP contribution in [0.15, 0.2) is 60.8 Å². The van der Waals surface area contributed by atoms with Crippen LogP contribution in [-0.2, 0) is 9.47 Å². The van der Waals surface area contributed by atoms with E-state index < -0.39 is 0 Å². The van der Waals surface area contributed by atoms with Crippen molar-refractivity contribution in [3.63, 3.8) is 0 Å². The Bertz CT molecular complexity index is 1250. The lowest BCUT2D eigenvalue weighted by Gasteiger charge is -2.20. The van der Waals surface area contributed by atoms with Gasteiger partial charge in [0.05, 0.1) is 49.7 Å². The number of nitrogens with one attached hydrogen (secondary N) is 3. The van der Waals surface area contributed by atoms with E-state index in [9.17, 15) is 0 Å². The molecule has 2 saturated heterocycles. The summed E-state index contributed by atoms with van der Waals surface area (Å²) in [6.45, 7) is 0.925. The topological polar surface area (TPSA) is 113 Å². The predicted molar refractivity (Wildman–Crippen MR) is 135 cm³/mol. The quantitative estimate of drug-likeness (QED) is 0.448. The molecule has 2 aliphatic rings. The Hall–Kier alpha value is -3.78. The highest BCUT2D eigenvalue weighted by Crippen LogP contribution is 2.29. The smallest absolute Gasteiger partial charge is 0.223 e. The van der Waals surface area contributed by atoms with E-state index in [1.807, 2.05) is 36.4 Å². The Labute approximate surface area is 208 Å². The van der Waals surface area contributed by atoms with Gasteiger partial charge in [-0.1, -0.05) is 6.07 Å².